The lowest BCUT2D eigenvalue weighted by Gasteiger charge is -2.26. The topological polar surface area (TPSA) is 74.8 Å². The number of hydrogen-bond donors (Lipinski definition) is 0. The molecule has 1 atom stereocenters. The minimum absolute atomic E-state index is 0.121. The van der Waals surface area contributed by atoms with Crippen LogP contribution in [0.2, 0.25) is 0 Å². The Balaban J connectivity index is 1.82. The third-order valence-electron chi connectivity index (χ3n) is 7.17. The minimum atomic E-state index is -0.793. The van der Waals surface area contributed by atoms with Crippen LogP contribution in [0.15, 0.2) is 61.9 Å². The number of aromatic nitrogens is 2. The monoisotopic (exact) mass is 631 g/mol. The van der Waals surface area contributed by atoms with Crippen LogP contribution in [0.5, 0.6) is 5.75 Å². The number of aryl methyl sites for hydroxylation is 1. The van der Waals surface area contributed by atoms with Crippen molar-refractivity contribution >= 4 is 50.2 Å². The maximum atomic E-state index is 14.2. The van der Waals surface area contributed by atoms with Crippen LogP contribution in [0.1, 0.15) is 49.2 Å². The molecule has 9 heteroatoms. The number of rotatable bonds is 6. The number of carbonyl (C=O) groups excluding carboxylic acids is 1. The lowest BCUT2D eigenvalue weighted by atomic mass is 9.95. The van der Waals surface area contributed by atoms with Crippen molar-refractivity contribution < 1.29 is 14.3 Å². The number of fused-ring (bicyclic) bond motifs is 2. The van der Waals surface area contributed by atoms with Crippen molar-refractivity contribution in [2.45, 2.75) is 53.3 Å². The van der Waals surface area contributed by atoms with Gasteiger partial charge in [-0.3, -0.25) is 9.36 Å². The van der Waals surface area contributed by atoms with E-state index >= 15 is 0 Å². The predicted molar refractivity (Wildman–Crippen MR) is 166 cm³/mol. The second kappa shape index (κ2) is 11.2. The molecule has 1 aliphatic rings. The summed E-state index contributed by atoms with van der Waals surface area (Å²) in [6.07, 6.45) is 7.50. The van der Waals surface area contributed by atoms with Gasteiger partial charge in [-0.2, -0.15) is 0 Å². The Morgan fingerprint density at radius 3 is 2.68 bits per heavy atom. The van der Waals surface area contributed by atoms with E-state index in [4.69, 9.17) is 20.9 Å². The Kier molecular flexibility index (Phi) is 7.82. The first kappa shape index (κ1) is 28.7. The number of methoxy groups -OCH3 is 1. The summed E-state index contributed by atoms with van der Waals surface area (Å²) in [5.41, 5.74) is 5.23. The summed E-state index contributed by atoms with van der Waals surface area (Å²) in [5, 5.41) is 1.02. The van der Waals surface area contributed by atoms with E-state index in [1.807, 2.05) is 57.2 Å². The molecule has 0 radical (unpaired) electrons. The highest BCUT2D eigenvalue weighted by Crippen LogP contribution is 2.38. The largest absolute Gasteiger partial charge is 0.491 e. The van der Waals surface area contributed by atoms with E-state index < -0.39 is 12.0 Å². The van der Waals surface area contributed by atoms with Crippen molar-refractivity contribution in [2.24, 2.45) is 4.99 Å². The maximum absolute atomic E-state index is 14.2. The van der Waals surface area contributed by atoms with Crippen LogP contribution in [0, 0.1) is 26.2 Å². The van der Waals surface area contributed by atoms with Crippen LogP contribution in [0.25, 0.3) is 17.0 Å². The molecule has 5 rings (SSSR count). The lowest BCUT2D eigenvalue weighted by Crippen LogP contribution is -2.40. The molecule has 3 heterocycles. The van der Waals surface area contributed by atoms with Crippen molar-refractivity contribution in [3.63, 3.8) is 0 Å². The molecule has 7 nitrogen and oxygen atoms in total. The van der Waals surface area contributed by atoms with Gasteiger partial charge in [-0.25, -0.2) is 9.79 Å². The Morgan fingerprint density at radius 1 is 1.24 bits per heavy atom. The first-order valence-electron chi connectivity index (χ1n) is 13.2. The number of nitrogens with zero attached hydrogens (tertiary/aromatic N) is 3. The number of hydrogen-bond acceptors (Lipinski definition) is 6. The number of carbonyl (C=O) groups is 1. The van der Waals surface area contributed by atoms with E-state index in [0.717, 1.165) is 32.2 Å². The van der Waals surface area contributed by atoms with Crippen LogP contribution < -0.4 is 19.6 Å². The zero-order valence-corrected chi connectivity index (χ0v) is 26.1. The Labute approximate surface area is 250 Å². The van der Waals surface area contributed by atoms with E-state index in [2.05, 4.69) is 39.4 Å². The molecule has 0 fully saturated rings. The van der Waals surface area contributed by atoms with Crippen LogP contribution in [0.3, 0.4) is 0 Å². The molecule has 210 valence electrons. The Bertz CT molecular complexity index is 1970. The summed E-state index contributed by atoms with van der Waals surface area (Å²) in [6.45, 7) is 10.1. The van der Waals surface area contributed by atoms with Crippen LogP contribution in [-0.2, 0) is 16.1 Å². The van der Waals surface area contributed by atoms with E-state index in [1.54, 1.807) is 11.5 Å². The summed E-state index contributed by atoms with van der Waals surface area (Å²) in [7, 11) is 1.33. The predicted octanol–water partition coefficient (Wildman–Crippen LogP) is 5.16. The number of benzene rings is 2. The molecule has 0 N–H and O–H groups in total. The van der Waals surface area contributed by atoms with Gasteiger partial charge >= 0.3 is 5.97 Å². The highest BCUT2D eigenvalue weighted by molar-refractivity contribution is 9.10. The summed E-state index contributed by atoms with van der Waals surface area (Å²) in [4.78, 5) is 32.6. The summed E-state index contributed by atoms with van der Waals surface area (Å²) < 4.78 is 16.3. The second-order valence-electron chi connectivity index (χ2n) is 10.2. The first-order chi connectivity index (χ1) is 19.6. The first-order valence-corrected chi connectivity index (χ1v) is 14.8. The van der Waals surface area contributed by atoms with Crippen molar-refractivity contribution in [3.05, 3.63) is 94.2 Å². The molecule has 41 heavy (non-hydrogen) atoms. The van der Waals surface area contributed by atoms with E-state index in [-0.39, 0.29) is 17.2 Å². The minimum Gasteiger partial charge on any atom is -0.491 e. The van der Waals surface area contributed by atoms with Crippen molar-refractivity contribution in [1.29, 1.82) is 0 Å². The van der Waals surface area contributed by atoms with E-state index in [0.29, 0.717) is 32.9 Å². The molecule has 0 amide bonds. The molecule has 0 aliphatic carbocycles. The molecule has 4 aromatic rings. The number of para-hydroxylation sites is 1. The molecule has 1 aliphatic heterocycles. The van der Waals surface area contributed by atoms with Crippen molar-refractivity contribution in [2.75, 3.05) is 7.11 Å². The van der Waals surface area contributed by atoms with E-state index in [9.17, 15) is 9.59 Å². The third kappa shape index (κ3) is 4.96. The molecule has 0 spiro atoms. The van der Waals surface area contributed by atoms with Gasteiger partial charge in [0.05, 0.1) is 41.1 Å². The zero-order valence-electron chi connectivity index (χ0n) is 23.7. The standard InChI is InChI=1S/C32H30BrN3O4S/c1-8-14-35-20(6)23(22-11-9-10-18(4)28(22)35)16-26-30(37)36-29(24-15-21(33)12-13-25(24)40-17(2)3)27(31(38)39-7)19(5)34-32(36)41-26/h1,9-13,15-17,29H,14H2,2-7H3/b26-16-/t29-/m0/s1. The highest BCUT2D eigenvalue weighted by Gasteiger charge is 2.35. The molecule has 0 unspecified atom stereocenters. The van der Waals surface area contributed by atoms with Gasteiger partial charge in [-0.05, 0) is 64.5 Å². The number of allylic oxidation sites excluding steroid dienone is 1. The number of thiazole rings is 1. The normalized spacial score (nSPS) is 15.2. The fourth-order valence-electron chi connectivity index (χ4n) is 5.43. The molecule has 0 saturated carbocycles. The van der Waals surface area contributed by atoms with Crippen molar-refractivity contribution in [1.82, 2.24) is 9.13 Å². The zero-order chi connectivity index (χ0) is 29.6. The molecule has 2 aromatic heterocycles. The van der Waals surface area contributed by atoms with Gasteiger partial charge in [0, 0.05) is 26.7 Å². The van der Waals surface area contributed by atoms with E-state index in [1.165, 1.54) is 18.4 Å². The summed E-state index contributed by atoms with van der Waals surface area (Å²) in [5.74, 6) is 2.77. The number of ether oxygens (including phenoxy) is 2. The second-order valence-corrected chi connectivity index (χ2v) is 12.1. The van der Waals surface area contributed by atoms with Crippen LogP contribution in [-0.4, -0.2) is 28.3 Å². The molecular formula is C32H30BrN3O4S. The molecular weight excluding hydrogens is 602 g/mol. The van der Waals surface area contributed by atoms with Gasteiger partial charge in [0.2, 0.25) is 0 Å². The van der Waals surface area contributed by atoms with Gasteiger partial charge in [-0.1, -0.05) is 51.4 Å². The van der Waals surface area contributed by atoms with Gasteiger partial charge in [0.15, 0.2) is 4.80 Å². The molecule has 0 bridgehead atoms. The Hall–Kier alpha value is -3.87. The number of halogens is 1. The Morgan fingerprint density at radius 2 is 2.00 bits per heavy atom. The smallest absolute Gasteiger partial charge is 0.338 e. The number of esters is 1. The SMILES string of the molecule is C#CCn1c(C)c(/C=c2\sc3n(c2=O)[C@@H](c2cc(Br)ccc2OC(C)C)C(C(=O)OC)=C(C)N=3)c2cccc(C)c21. The van der Waals surface area contributed by atoms with Crippen LogP contribution >= 0.6 is 27.3 Å². The average molecular weight is 633 g/mol. The summed E-state index contributed by atoms with van der Waals surface area (Å²) in [6, 6.07) is 10.9. The fourth-order valence-corrected chi connectivity index (χ4v) is 6.83. The maximum Gasteiger partial charge on any atom is 0.338 e. The lowest BCUT2D eigenvalue weighted by molar-refractivity contribution is -0.136. The molecule has 2 aromatic carbocycles. The quantitative estimate of drug-likeness (QED) is 0.218. The fraction of sp³-hybridized carbons (Fsp3) is 0.281. The number of terminal acetylenes is 1. The van der Waals surface area contributed by atoms with Crippen LogP contribution in [0.4, 0.5) is 0 Å². The molecule has 0 saturated heterocycles. The van der Waals surface area contributed by atoms with Gasteiger partial charge < -0.3 is 14.0 Å². The highest BCUT2D eigenvalue weighted by atomic mass is 79.9. The van der Waals surface area contributed by atoms with Gasteiger partial charge in [0.1, 0.15) is 11.8 Å². The van der Waals surface area contributed by atoms with Gasteiger partial charge in [0.25, 0.3) is 5.56 Å². The third-order valence-corrected chi connectivity index (χ3v) is 8.65. The van der Waals surface area contributed by atoms with Crippen molar-refractivity contribution in [3.8, 4) is 18.1 Å². The average Bonchev–Trinajstić information content (AvgIpc) is 3.37. The summed E-state index contributed by atoms with van der Waals surface area (Å²) >= 11 is 4.85. The van der Waals surface area contributed by atoms with Gasteiger partial charge in [-0.15, -0.1) is 6.42 Å².